The highest BCUT2D eigenvalue weighted by Gasteiger charge is 2.26. The topological polar surface area (TPSA) is 300 Å². The molecule has 0 saturated carbocycles. The summed E-state index contributed by atoms with van der Waals surface area (Å²) < 4.78 is 48.6. The van der Waals surface area contributed by atoms with E-state index < -0.39 is 11.0 Å². The fourth-order valence-electron chi connectivity index (χ4n) is 7.59. The van der Waals surface area contributed by atoms with Gasteiger partial charge in [-0.2, -0.15) is 0 Å². The van der Waals surface area contributed by atoms with Gasteiger partial charge in [0, 0.05) is 78.2 Å². The number of amides is 3. The highest BCUT2D eigenvalue weighted by molar-refractivity contribution is 6.02. The van der Waals surface area contributed by atoms with E-state index in [4.69, 9.17) is 42.2 Å². The number of aryl methyl sites for hydroxylation is 2. The number of anilines is 4. The summed E-state index contributed by atoms with van der Waals surface area (Å²) in [6, 6.07) is 28.8. The molecule has 9 aromatic rings. The number of non-ortho nitro benzene ring substituents is 1. The maximum atomic E-state index is 12.8. The maximum absolute atomic E-state index is 12.8. The number of pyridine rings is 2. The third kappa shape index (κ3) is 11.9. The second-order valence-corrected chi connectivity index (χ2v) is 16.3. The first-order valence-electron chi connectivity index (χ1n) is 22.9. The van der Waals surface area contributed by atoms with Crippen molar-refractivity contribution in [1.29, 1.82) is 0 Å². The van der Waals surface area contributed by atoms with Crippen molar-refractivity contribution in [3.63, 3.8) is 0 Å². The van der Waals surface area contributed by atoms with Crippen molar-refractivity contribution in [1.82, 2.24) is 20.3 Å². The number of methoxy groups -OCH3 is 2. The molecule has 2 aliphatic rings. The van der Waals surface area contributed by atoms with Crippen LogP contribution in [0, 0.1) is 24.0 Å². The molecule has 0 aliphatic carbocycles. The van der Waals surface area contributed by atoms with E-state index in [1.165, 1.54) is 50.6 Å². The number of phenols is 2. The van der Waals surface area contributed by atoms with Gasteiger partial charge in [-0.3, -0.25) is 35.6 Å². The summed E-state index contributed by atoms with van der Waals surface area (Å²) in [7, 11) is 2.98. The predicted molar refractivity (Wildman–Crippen MR) is 274 cm³/mol. The van der Waals surface area contributed by atoms with E-state index in [9.17, 15) is 29.9 Å². The van der Waals surface area contributed by atoms with Gasteiger partial charge in [0.15, 0.2) is 34.6 Å². The molecule has 11 rings (SSSR count). The monoisotopic (exact) mass is 1040 g/mol. The van der Waals surface area contributed by atoms with Crippen LogP contribution in [0.15, 0.2) is 131 Å². The number of hydrogen-bond donors (Lipinski definition) is 5. The number of phenolic OH excluding ortho intramolecular Hbond substituents is 2. The number of ether oxygens (including phenoxy) is 7. The standard InChI is InChI=1S/C23H20N4O6.C18H16N2O4.C11H9N3O5/c1-13-9-22(26-33-13)25-23(29)27-7-8-31-20-10-14(3-4-17(20)27)32-19-5-6-24-16-12-18(28)21(30-2)11-15(16)19;1-22-18-9-12-14(10-15(18)21)19-5-4-16(12)24-11-2-3-13-17(8-11)23-7-6-20-13;1-7-6-10(13-19-7)12-11(15)18-9-4-2-8(3-5-9)14(16)17/h3-6,9-12,28H,7-8H2,1-2H3,(H,25,26,29);2-5,8-10,20-21H,6-7H2,1H3;2-6H,1H3,(H,12,13,15). The largest absolute Gasteiger partial charge is 0.504 e. The summed E-state index contributed by atoms with van der Waals surface area (Å²) in [5, 5.41) is 47.5. The predicted octanol–water partition coefficient (Wildman–Crippen LogP) is 10.5. The lowest BCUT2D eigenvalue weighted by Gasteiger charge is -2.29. The number of benzene rings is 5. The summed E-state index contributed by atoms with van der Waals surface area (Å²) in [5.41, 5.74) is 2.67. The van der Waals surface area contributed by atoms with Gasteiger partial charge in [0.2, 0.25) is 0 Å². The second kappa shape index (κ2) is 22.5. The Kier molecular flexibility index (Phi) is 14.9. The van der Waals surface area contributed by atoms with Crippen molar-refractivity contribution in [2.24, 2.45) is 0 Å². The van der Waals surface area contributed by atoms with Crippen molar-refractivity contribution in [2.75, 3.05) is 61.4 Å². The normalized spacial score (nSPS) is 12.1. The van der Waals surface area contributed by atoms with Crippen LogP contribution in [0.3, 0.4) is 0 Å². The van der Waals surface area contributed by atoms with Gasteiger partial charge in [0.05, 0.1) is 48.1 Å². The third-order valence-electron chi connectivity index (χ3n) is 11.1. The Morgan fingerprint density at radius 1 is 0.671 bits per heavy atom. The number of nitro benzene ring substituents is 1. The van der Waals surface area contributed by atoms with Crippen molar-refractivity contribution < 1.29 is 66.9 Å². The summed E-state index contributed by atoms with van der Waals surface area (Å²) >= 11 is 0. The number of nitrogens with zero attached hydrogens (tertiary/aromatic N) is 6. The van der Waals surface area contributed by atoms with Crippen molar-refractivity contribution in [3.05, 3.63) is 143 Å². The third-order valence-corrected chi connectivity index (χ3v) is 11.1. The molecule has 0 spiro atoms. The zero-order chi connectivity index (χ0) is 53.3. The van der Waals surface area contributed by atoms with Gasteiger partial charge >= 0.3 is 12.1 Å². The smallest absolute Gasteiger partial charge is 0.418 e. The number of hydrogen-bond acceptors (Lipinski definition) is 20. The SMILES string of the molecule is COc1cc2c(Oc3ccc4c(c3)OCCN4)ccnc2cc1O.COc1cc2c(Oc3ccc4c(c3)OCCN4C(=O)Nc3cc(C)on3)ccnc2cc1O.Cc1cc(NC(=O)Oc2ccc([N+](=O)[O-])cc2)no1. The van der Waals surface area contributed by atoms with Gasteiger partial charge in [0.25, 0.3) is 5.69 Å². The number of aromatic nitrogens is 4. The van der Waals surface area contributed by atoms with Gasteiger partial charge < -0.3 is 57.7 Å². The van der Waals surface area contributed by atoms with E-state index in [2.05, 4.69) is 36.2 Å². The molecule has 5 N–H and O–H groups in total. The van der Waals surface area contributed by atoms with Gasteiger partial charge in [-0.15, -0.1) is 0 Å². The lowest BCUT2D eigenvalue weighted by atomic mass is 10.1. The van der Waals surface area contributed by atoms with Gasteiger partial charge in [-0.25, -0.2) is 9.59 Å². The molecule has 0 radical (unpaired) electrons. The molecule has 76 heavy (non-hydrogen) atoms. The minimum absolute atomic E-state index is 0.00372. The molecule has 4 aromatic heterocycles. The Hall–Kier alpha value is -10.5. The molecule has 0 saturated heterocycles. The van der Waals surface area contributed by atoms with E-state index in [0.29, 0.717) is 99.5 Å². The van der Waals surface area contributed by atoms with E-state index in [1.807, 2.05) is 18.2 Å². The van der Waals surface area contributed by atoms with E-state index in [-0.39, 0.29) is 34.8 Å². The molecule has 0 atom stereocenters. The number of aromatic hydroxyl groups is 2. The zero-order valence-electron chi connectivity index (χ0n) is 40.8. The van der Waals surface area contributed by atoms with Crippen LogP contribution in [0.2, 0.25) is 0 Å². The van der Waals surface area contributed by atoms with Gasteiger partial charge in [-0.1, -0.05) is 10.3 Å². The number of nitrogens with one attached hydrogen (secondary N) is 3. The van der Waals surface area contributed by atoms with Crippen LogP contribution in [0.4, 0.5) is 38.3 Å². The maximum Gasteiger partial charge on any atom is 0.418 e. The average Bonchev–Trinajstić information content (AvgIpc) is 4.03. The molecular weight excluding hydrogens is 991 g/mol. The van der Waals surface area contributed by atoms with E-state index >= 15 is 0 Å². The fraction of sp³-hybridized carbons (Fsp3) is 0.154. The minimum atomic E-state index is -0.762. The Bertz CT molecular complexity index is 3590. The molecule has 5 aromatic carbocycles. The average molecular weight is 1040 g/mol. The number of rotatable bonds is 10. The van der Waals surface area contributed by atoms with Crippen LogP contribution in [0.25, 0.3) is 21.8 Å². The van der Waals surface area contributed by atoms with Crippen molar-refractivity contribution >= 4 is 62.6 Å². The molecule has 2 aliphatic heterocycles. The zero-order valence-corrected chi connectivity index (χ0v) is 40.8. The minimum Gasteiger partial charge on any atom is -0.504 e. The van der Waals surface area contributed by atoms with E-state index in [0.717, 1.165) is 23.4 Å². The molecule has 0 bridgehead atoms. The highest BCUT2D eigenvalue weighted by atomic mass is 16.6. The number of carbonyl (C=O) groups is 2. The lowest BCUT2D eigenvalue weighted by molar-refractivity contribution is -0.384. The van der Waals surface area contributed by atoms with Crippen LogP contribution in [-0.4, -0.2) is 88.1 Å². The van der Waals surface area contributed by atoms with Gasteiger partial charge in [0.1, 0.15) is 65.0 Å². The van der Waals surface area contributed by atoms with Crippen LogP contribution in [-0.2, 0) is 0 Å². The number of carbonyl (C=O) groups excluding carboxylic acids is 2. The van der Waals surface area contributed by atoms with Crippen LogP contribution in [0.5, 0.6) is 63.2 Å². The first-order valence-corrected chi connectivity index (χ1v) is 22.9. The van der Waals surface area contributed by atoms with Crippen LogP contribution in [0.1, 0.15) is 11.5 Å². The Labute approximate surface area is 430 Å². The molecule has 24 nitrogen and oxygen atoms in total. The van der Waals surface area contributed by atoms with Crippen molar-refractivity contribution in [3.8, 4) is 63.2 Å². The molecule has 0 fully saturated rings. The van der Waals surface area contributed by atoms with Crippen LogP contribution < -0.4 is 54.0 Å². The molecule has 0 unspecified atom stereocenters. The van der Waals surface area contributed by atoms with Crippen LogP contribution >= 0.6 is 0 Å². The van der Waals surface area contributed by atoms with Gasteiger partial charge in [-0.05, 0) is 74.5 Å². The fourth-order valence-corrected chi connectivity index (χ4v) is 7.59. The number of urea groups is 1. The molecule has 388 valence electrons. The molecule has 3 amide bonds. The molecular formula is C52H45N9O15. The van der Waals surface area contributed by atoms with Crippen molar-refractivity contribution in [2.45, 2.75) is 13.8 Å². The number of nitro groups is 1. The highest BCUT2D eigenvalue weighted by Crippen LogP contribution is 2.41. The summed E-state index contributed by atoms with van der Waals surface area (Å²) in [6.07, 6.45) is 2.47. The molecule has 24 heteroatoms. The lowest BCUT2D eigenvalue weighted by Crippen LogP contribution is -2.40. The Balaban J connectivity index is 0.000000145. The molecule has 6 heterocycles. The first-order chi connectivity index (χ1) is 36.8. The number of fused-ring (bicyclic) bond motifs is 4. The Morgan fingerprint density at radius 3 is 1.79 bits per heavy atom. The first kappa shape index (κ1) is 50.4. The summed E-state index contributed by atoms with van der Waals surface area (Å²) in [4.78, 5) is 44.2. The second-order valence-electron chi connectivity index (χ2n) is 16.3. The quantitative estimate of drug-likeness (QED) is 0.0628. The Morgan fingerprint density at radius 2 is 1.22 bits per heavy atom. The summed E-state index contributed by atoms with van der Waals surface area (Å²) in [6.45, 7) is 5.57. The van der Waals surface area contributed by atoms with E-state index in [1.54, 1.807) is 85.7 Å². The summed E-state index contributed by atoms with van der Waals surface area (Å²) in [5.74, 6) is 6.26.